The summed E-state index contributed by atoms with van der Waals surface area (Å²) in [6, 6.07) is 8.31. The van der Waals surface area contributed by atoms with Crippen molar-refractivity contribution in [3.63, 3.8) is 0 Å². The Balaban J connectivity index is 1.72. The van der Waals surface area contributed by atoms with E-state index in [2.05, 4.69) is 31.2 Å². The van der Waals surface area contributed by atoms with Crippen molar-refractivity contribution < 1.29 is 9.84 Å². The third kappa shape index (κ3) is 2.70. The number of benzene rings is 1. The van der Waals surface area contributed by atoms with Crippen LogP contribution in [0.2, 0.25) is 0 Å². The van der Waals surface area contributed by atoms with E-state index in [1.165, 1.54) is 31.2 Å². The minimum atomic E-state index is -0.332. The molecule has 1 aliphatic heterocycles. The molecule has 1 saturated heterocycles. The van der Waals surface area contributed by atoms with Crippen molar-refractivity contribution >= 4 is 0 Å². The lowest BCUT2D eigenvalue weighted by Gasteiger charge is -2.40. The molecule has 3 rings (SSSR count). The van der Waals surface area contributed by atoms with Crippen LogP contribution in [-0.2, 0) is 4.74 Å². The Morgan fingerprint density at radius 1 is 1.21 bits per heavy atom. The summed E-state index contributed by atoms with van der Waals surface area (Å²) >= 11 is 0. The van der Waals surface area contributed by atoms with Gasteiger partial charge in [-0.1, -0.05) is 42.7 Å². The zero-order chi connectivity index (χ0) is 13.3. The molecule has 1 N–H and O–H groups in total. The van der Waals surface area contributed by atoms with Gasteiger partial charge in [-0.15, -0.1) is 0 Å². The summed E-state index contributed by atoms with van der Waals surface area (Å²) in [6.45, 7) is 2.89. The number of hydrogen-bond acceptors (Lipinski definition) is 2. The molecule has 2 unspecified atom stereocenters. The summed E-state index contributed by atoms with van der Waals surface area (Å²) in [4.78, 5) is 0. The topological polar surface area (TPSA) is 29.5 Å². The van der Waals surface area contributed by atoms with E-state index in [4.69, 9.17) is 4.74 Å². The predicted octanol–water partition coefficient (Wildman–Crippen LogP) is 3.77. The van der Waals surface area contributed by atoms with Gasteiger partial charge in [0, 0.05) is 6.61 Å². The Morgan fingerprint density at radius 2 is 1.89 bits per heavy atom. The Hall–Kier alpha value is -0.860. The van der Waals surface area contributed by atoms with Gasteiger partial charge in [-0.2, -0.15) is 0 Å². The molecule has 1 aliphatic carbocycles. The zero-order valence-corrected chi connectivity index (χ0v) is 11.8. The van der Waals surface area contributed by atoms with Gasteiger partial charge in [-0.05, 0) is 44.1 Å². The Labute approximate surface area is 115 Å². The van der Waals surface area contributed by atoms with Crippen molar-refractivity contribution in [2.75, 3.05) is 6.61 Å². The average Bonchev–Trinajstić information content (AvgIpc) is 2.87. The van der Waals surface area contributed by atoms with Crippen LogP contribution in [0.5, 0.6) is 0 Å². The van der Waals surface area contributed by atoms with E-state index in [9.17, 15) is 5.11 Å². The molecular formula is C17H24O2. The van der Waals surface area contributed by atoms with Crippen molar-refractivity contribution in [1.29, 1.82) is 0 Å². The van der Waals surface area contributed by atoms with Gasteiger partial charge < -0.3 is 9.84 Å². The number of aliphatic hydroxyl groups is 1. The summed E-state index contributed by atoms with van der Waals surface area (Å²) in [5, 5.41) is 10.6. The van der Waals surface area contributed by atoms with Crippen LogP contribution in [0.25, 0.3) is 0 Å². The minimum Gasteiger partial charge on any atom is -0.388 e. The molecule has 1 saturated carbocycles. The number of ether oxygens (including phenoxy) is 1. The normalized spacial score (nSPS) is 27.6. The van der Waals surface area contributed by atoms with E-state index >= 15 is 0 Å². The summed E-state index contributed by atoms with van der Waals surface area (Å²) in [7, 11) is 0. The maximum Gasteiger partial charge on any atom is 0.0820 e. The molecule has 2 atom stereocenters. The lowest BCUT2D eigenvalue weighted by atomic mass is 9.80. The fourth-order valence-corrected chi connectivity index (χ4v) is 3.74. The Bertz CT molecular complexity index is 417. The third-order valence-electron chi connectivity index (χ3n) is 4.91. The first-order valence-electron chi connectivity index (χ1n) is 7.57. The summed E-state index contributed by atoms with van der Waals surface area (Å²) in [6.07, 6.45) is 6.62. The van der Waals surface area contributed by atoms with E-state index < -0.39 is 0 Å². The lowest BCUT2D eigenvalue weighted by molar-refractivity contribution is -0.113. The van der Waals surface area contributed by atoms with Crippen LogP contribution in [0.15, 0.2) is 24.3 Å². The fourth-order valence-electron chi connectivity index (χ4n) is 3.74. The van der Waals surface area contributed by atoms with E-state index in [0.29, 0.717) is 5.92 Å². The molecular weight excluding hydrogens is 236 g/mol. The molecule has 1 aromatic carbocycles. The molecule has 1 spiro atoms. The van der Waals surface area contributed by atoms with Crippen LogP contribution >= 0.6 is 0 Å². The highest BCUT2D eigenvalue weighted by Gasteiger charge is 2.41. The van der Waals surface area contributed by atoms with Crippen LogP contribution < -0.4 is 0 Å². The quantitative estimate of drug-likeness (QED) is 0.877. The van der Waals surface area contributed by atoms with Gasteiger partial charge in [0.25, 0.3) is 0 Å². The third-order valence-corrected chi connectivity index (χ3v) is 4.91. The molecule has 2 aliphatic rings. The highest BCUT2D eigenvalue weighted by Crippen LogP contribution is 2.45. The van der Waals surface area contributed by atoms with E-state index in [1.54, 1.807) is 0 Å². The van der Waals surface area contributed by atoms with Gasteiger partial charge in [0.05, 0.1) is 11.7 Å². The van der Waals surface area contributed by atoms with E-state index in [1.807, 2.05) is 0 Å². The van der Waals surface area contributed by atoms with Crippen LogP contribution in [-0.4, -0.2) is 17.3 Å². The number of hydrogen-bond donors (Lipinski definition) is 1. The minimum absolute atomic E-state index is 0.0919. The molecule has 0 bridgehead atoms. The smallest absolute Gasteiger partial charge is 0.0820 e. The highest BCUT2D eigenvalue weighted by atomic mass is 16.5. The maximum atomic E-state index is 10.6. The van der Waals surface area contributed by atoms with E-state index in [0.717, 1.165) is 25.0 Å². The molecule has 2 heteroatoms. The summed E-state index contributed by atoms with van der Waals surface area (Å²) in [5.74, 6) is 0.356. The fraction of sp³-hybridized carbons (Fsp3) is 0.647. The van der Waals surface area contributed by atoms with Gasteiger partial charge in [0.2, 0.25) is 0 Å². The molecule has 0 amide bonds. The second-order valence-electron chi connectivity index (χ2n) is 6.35. The van der Waals surface area contributed by atoms with Crippen LogP contribution in [0.4, 0.5) is 0 Å². The Morgan fingerprint density at radius 3 is 2.58 bits per heavy atom. The molecule has 2 fully saturated rings. The number of aliphatic hydroxyl groups excluding tert-OH is 1. The molecule has 1 aromatic rings. The van der Waals surface area contributed by atoms with Gasteiger partial charge in [0.15, 0.2) is 0 Å². The SMILES string of the molecule is Cc1ccc(C(O)C2CCOC3(CCCC3)C2)cc1. The van der Waals surface area contributed by atoms with E-state index in [-0.39, 0.29) is 11.7 Å². The first-order chi connectivity index (χ1) is 9.19. The largest absolute Gasteiger partial charge is 0.388 e. The van der Waals surface area contributed by atoms with Gasteiger partial charge in [-0.25, -0.2) is 0 Å². The van der Waals surface area contributed by atoms with Crippen LogP contribution in [0.1, 0.15) is 55.8 Å². The van der Waals surface area contributed by atoms with Gasteiger partial charge >= 0.3 is 0 Å². The number of aryl methyl sites for hydroxylation is 1. The molecule has 0 aromatic heterocycles. The van der Waals surface area contributed by atoms with Crippen molar-refractivity contribution in [1.82, 2.24) is 0 Å². The molecule has 1 heterocycles. The predicted molar refractivity (Wildman–Crippen MR) is 76.0 cm³/mol. The van der Waals surface area contributed by atoms with Crippen LogP contribution in [0, 0.1) is 12.8 Å². The molecule has 0 radical (unpaired) electrons. The highest BCUT2D eigenvalue weighted by molar-refractivity contribution is 5.23. The first kappa shape index (κ1) is 13.1. The maximum absolute atomic E-state index is 10.6. The standard InChI is InChI=1S/C17H24O2/c1-13-4-6-14(7-5-13)16(18)15-8-11-19-17(12-15)9-2-3-10-17/h4-7,15-16,18H,2-3,8-12H2,1H3. The monoisotopic (exact) mass is 260 g/mol. The molecule has 2 nitrogen and oxygen atoms in total. The van der Waals surface area contributed by atoms with Crippen molar-refractivity contribution in [2.45, 2.75) is 57.2 Å². The van der Waals surface area contributed by atoms with Gasteiger partial charge in [0.1, 0.15) is 0 Å². The second kappa shape index (κ2) is 5.26. The summed E-state index contributed by atoms with van der Waals surface area (Å²) in [5.41, 5.74) is 2.40. The average molecular weight is 260 g/mol. The van der Waals surface area contributed by atoms with Crippen molar-refractivity contribution in [2.24, 2.45) is 5.92 Å². The van der Waals surface area contributed by atoms with Crippen molar-refractivity contribution in [3.8, 4) is 0 Å². The van der Waals surface area contributed by atoms with Crippen molar-refractivity contribution in [3.05, 3.63) is 35.4 Å². The summed E-state index contributed by atoms with van der Waals surface area (Å²) < 4.78 is 6.05. The second-order valence-corrected chi connectivity index (χ2v) is 6.35. The molecule has 19 heavy (non-hydrogen) atoms. The molecule has 104 valence electrons. The number of rotatable bonds is 2. The Kier molecular flexibility index (Phi) is 3.64. The first-order valence-corrected chi connectivity index (χ1v) is 7.57. The van der Waals surface area contributed by atoms with Gasteiger partial charge in [-0.3, -0.25) is 0 Å². The zero-order valence-electron chi connectivity index (χ0n) is 11.8. The lowest BCUT2D eigenvalue weighted by Crippen LogP contribution is -2.39. The van der Waals surface area contributed by atoms with Crippen LogP contribution in [0.3, 0.4) is 0 Å².